The molecule has 0 radical (unpaired) electrons. The third kappa shape index (κ3) is 6.03. The van der Waals surface area contributed by atoms with Gasteiger partial charge < -0.3 is 10.6 Å². The van der Waals surface area contributed by atoms with Crippen LogP contribution in [0.2, 0.25) is 10.0 Å². The minimum absolute atomic E-state index is 0.0513. The molecule has 3 aromatic carbocycles. The molecule has 3 aromatic rings. The zero-order valence-electron chi connectivity index (χ0n) is 18.4. The maximum atomic E-state index is 12.8. The van der Waals surface area contributed by atoms with E-state index in [2.05, 4.69) is 10.6 Å². The molecular formula is C26H20Cl3N3O3. The Kier molecular flexibility index (Phi) is 7.76. The van der Waals surface area contributed by atoms with E-state index in [4.69, 9.17) is 34.8 Å². The summed E-state index contributed by atoms with van der Waals surface area (Å²) in [5.74, 6) is -1.26. The molecule has 0 unspecified atom stereocenters. The molecule has 1 aliphatic heterocycles. The second kappa shape index (κ2) is 11.0. The van der Waals surface area contributed by atoms with Crippen LogP contribution in [-0.2, 0) is 29.2 Å². The normalized spacial score (nSPS) is 13.4. The van der Waals surface area contributed by atoms with Gasteiger partial charge >= 0.3 is 0 Å². The highest BCUT2D eigenvalue weighted by atomic mass is 35.5. The van der Waals surface area contributed by atoms with E-state index in [0.29, 0.717) is 22.2 Å². The Hall–Kier alpha value is -3.32. The molecule has 0 saturated heterocycles. The summed E-state index contributed by atoms with van der Waals surface area (Å²) in [5.41, 5.74) is 3.06. The monoisotopic (exact) mass is 527 g/mol. The van der Waals surface area contributed by atoms with Gasteiger partial charge in [-0.3, -0.25) is 19.3 Å². The van der Waals surface area contributed by atoms with Crippen molar-refractivity contribution in [2.24, 2.45) is 0 Å². The molecular weight excluding hydrogens is 509 g/mol. The van der Waals surface area contributed by atoms with Crippen molar-refractivity contribution in [1.82, 2.24) is 15.5 Å². The van der Waals surface area contributed by atoms with Crippen molar-refractivity contribution in [3.05, 3.63) is 116 Å². The Bertz CT molecular complexity index is 1290. The van der Waals surface area contributed by atoms with Crippen molar-refractivity contribution in [2.45, 2.75) is 19.6 Å². The van der Waals surface area contributed by atoms with Crippen LogP contribution in [0.25, 0.3) is 0 Å². The maximum absolute atomic E-state index is 12.8. The van der Waals surface area contributed by atoms with Gasteiger partial charge in [-0.05, 0) is 53.1 Å². The molecule has 9 heteroatoms. The molecule has 35 heavy (non-hydrogen) atoms. The van der Waals surface area contributed by atoms with Crippen LogP contribution in [0.4, 0.5) is 0 Å². The maximum Gasteiger partial charge on any atom is 0.278 e. The van der Waals surface area contributed by atoms with Gasteiger partial charge in [-0.25, -0.2) is 0 Å². The fourth-order valence-electron chi connectivity index (χ4n) is 3.47. The van der Waals surface area contributed by atoms with E-state index < -0.39 is 11.8 Å². The highest BCUT2D eigenvalue weighted by Crippen LogP contribution is 2.25. The quantitative estimate of drug-likeness (QED) is 0.402. The first kappa shape index (κ1) is 24.8. The Morgan fingerprint density at radius 3 is 1.80 bits per heavy atom. The van der Waals surface area contributed by atoms with E-state index in [1.807, 2.05) is 12.1 Å². The summed E-state index contributed by atoms with van der Waals surface area (Å²) in [6, 6.07) is 21.0. The van der Waals surface area contributed by atoms with Crippen molar-refractivity contribution in [3.63, 3.8) is 0 Å². The molecule has 0 saturated carbocycles. The lowest BCUT2D eigenvalue weighted by Crippen LogP contribution is -2.33. The zero-order valence-corrected chi connectivity index (χ0v) is 20.6. The van der Waals surface area contributed by atoms with Crippen LogP contribution < -0.4 is 10.6 Å². The minimum atomic E-state index is -0.554. The topological polar surface area (TPSA) is 78.5 Å². The Balaban J connectivity index is 1.32. The first-order valence-electron chi connectivity index (χ1n) is 10.7. The van der Waals surface area contributed by atoms with Crippen molar-refractivity contribution < 1.29 is 14.4 Å². The average Bonchev–Trinajstić information content (AvgIpc) is 3.06. The highest BCUT2D eigenvalue weighted by Gasteiger charge is 2.37. The molecule has 0 fully saturated rings. The molecule has 0 spiro atoms. The second-order valence-electron chi connectivity index (χ2n) is 7.87. The number of carbonyl (C=O) groups excluding carboxylic acids is 3. The number of hydrogen-bond donors (Lipinski definition) is 2. The second-order valence-corrected chi connectivity index (χ2v) is 9.12. The molecule has 1 aliphatic rings. The smallest absolute Gasteiger partial charge is 0.278 e. The van der Waals surface area contributed by atoms with Gasteiger partial charge in [0.2, 0.25) is 0 Å². The number of halogens is 3. The van der Waals surface area contributed by atoms with Gasteiger partial charge in [0.25, 0.3) is 17.7 Å². The van der Waals surface area contributed by atoms with E-state index >= 15 is 0 Å². The van der Waals surface area contributed by atoms with Crippen LogP contribution in [0.1, 0.15) is 27.0 Å². The summed E-state index contributed by atoms with van der Waals surface area (Å²) in [4.78, 5) is 38.8. The molecule has 0 aromatic heterocycles. The molecule has 178 valence electrons. The predicted octanol–water partition coefficient (Wildman–Crippen LogP) is 5.03. The number of nitrogens with one attached hydrogen (secondary N) is 2. The lowest BCUT2D eigenvalue weighted by molar-refractivity contribution is -0.138. The highest BCUT2D eigenvalue weighted by molar-refractivity contribution is 6.47. The molecule has 4 rings (SSSR count). The number of imide groups is 1. The fraction of sp³-hybridized carbons (Fsp3) is 0.115. The summed E-state index contributed by atoms with van der Waals surface area (Å²) in [6.07, 6.45) is 0. The number of hydrogen-bond acceptors (Lipinski definition) is 4. The lowest BCUT2D eigenvalue weighted by atomic mass is 10.1. The Morgan fingerprint density at radius 2 is 1.20 bits per heavy atom. The lowest BCUT2D eigenvalue weighted by Gasteiger charge is -2.15. The molecule has 1 heterocycles. The molecule has 3 amide bonds. The third-order valence-corrected chi connectivity index (χ3v) is 6.27. The summed E-state index contributed by atoms with van der Waals surface area (Å²) >= 11 is 17.9. The first-order valence-corrected chi connectivity index (χ1v) is 11.8. The summed E-state index contributed by atoms with van der Waals surface area (Å²) in [5, 5.41) is 6.87. The van der Waals surface area contributed by atoms with Gasteiger partial charge in [-0.1, -0.05) is 71.2 Å². The molecule has 2 N–H and O–H groups in total. The van der Waals surface area contributed by atoms with Crippen LogP contribution in [-0.4, -0.2) is 22.6 Å². The molecule has 6 nitrogen and oxygen atoms in total. The average molecular weight is 529 g/mol. The van der Waals surface area contributed by atoms with E-state index in [1.165, 1.54) is 0 Å². The number of nitrogens with zero attached hydrogens (tertiary/aromatic N) is 1. The van der Waals surface area contributed by atoms with Gasteiger partial charge in [-0.15, -0.1) is 0 Å². The van der Waals surface area contributed by atoms with Crippen LogP contribution in [0.3, 0.4) is 0 Å². The SMILES string of the molecule is O=C(NCc1ccc(Cl)cc1)c1ccc(CNC2=C(Cl)C(=O)N(Cc3ccc(Cl)cc3)C2=O)cc1. The van der Waals surface area contributed by atoms with Crippen LogP contribution in [0.5, 0.6) is 0 Å². The number of benzene rings is 3. The zero-order chi connectivity index (χ0) is 24.9. The summed E-state index contributed by atoms with van der Waals surface area (Å²) < 4.78 is 0. The predicted molar refractivity (Wildman–Crippen MR) is 136 cm³/mol. The van der Waals surface area contributed by atoms with Gasteiger partial charge in [0.05, 0.1) is 6.54 Å². The van der Waals surface area contributed by atoms with Crippen molar-refractivity contribution in [3.8, 4) is 0 Å². The van der Waals surface area contributed by atoms with Crippen LogP contribution in [0, 0.1) is 0 Å². The van der Waals surface area contributed by atoms with Crippen molar-refractivity contribution in [1.29, 1.82) is 0 Å². The largest absolute Gasteiger partial charge is 0.375 e. The molecule has 0 atom stereocenters. The van der Waals surface area contributed by atoms with E-state index in [-0.39, 0.29) is 29.7 Å². The number of rotatable bonds is 8. The number of carbonyl (C=O) groups is 3. The van der Waals surface area contributed by atoms with Gasteiger partial charge in [0, 0.05) is 28.7 Å². The van der Waals surface area contributed by atoms with Crippen LogP contribution in [0.15, 0.2) is 83.5 Å². The van der Waals surface area contributed by atoms with Crippen molar-refractivity contribution >= 4 is 52.5 Å². The standard InChI is InChI=1S/C26H20Cl3N3O3/c27-20-9-3-17(4-10-20)14-31-24(33)19-7-1-16(2-8-19)13-30-23-22(29)25(34)32(26(23)35)15-18-5-11-21(28)12-6-18/h1-12,30H,13-15H2,(H,31,33). The fourth-order valence-corrected chi connectivity index (χ4v) is 3.97. The molecule has 0 bridgehead atoms. The van der Waals surface area contributed by atoms with Crippen LogP contribution >= 0.6 is 34.8 Å². The molecule has 0 aliphatic carbocycles. The Morgan fingerprint density at radius 1 is 0.686 bits per heavy atom. The van der Waals surface area contributed by atoms with E-state index in [9.17, 15) is 14.4 Å². The van der Waals surface area contributed by atoms with Gasteiger partial charge in [0.15, 0.2) is 0 Å². The summed E-state index contributed by atoms with van der Waals surface area (Å²) in [7, 11) is 0. The van der Waals surface area contributed by atoms with E-state index in [0.717, 1.165) is 21.6 Å². The minimum Gasteiger partial charge on any atom is -0.375 e. The number of amides is 3. The van der Waals surface area contributed by atoms with E-state index in [1.54, 1.807) is 60.7 Å². The summed E-state index contributed by atoms with van der Waals surface area (Å²) in [6.45, 7) is 0.733. The van der Waals surface area contributed by atoms with Gasteiger partial charge in [0.1, 0.15) is 10.7 Å². The van der Waals surface area contributed by atoms with Crippen molar-refractivity contribution in [2.75, 3.05) is 0 Å². The Labute approximate surface area is 217 Å². The van der Waals surface area contributed by atoms with Gasteiger partial charge in [-0.2, -0.15) is 0 Å². The third-order valence-electron chi connectivity index (χ3n) is 5.42. The first-order chi connectivity index (χ1) is 16.8.